The quantitative estimate of drug-likeness (QED) is 0.830. The van der Waals surface area contributed by atoms with E-state index in [1.165, 1.54) is 16.4 Å². The Morgan fingerprint density at radius 1 is 1.47 bits per heavy atom. The molecule has 1 fully saturated rings. The van der Waals surface area contributed by atoms with Gasteiger partial charge in [0.05, 0.1) is 5.75 Å². The second-order valence-electron chi connectivity index (χ2n) is 4.30. The van der Waals surface area contributed by atoms with Gasteiger partial charge >= 0.3 is 0 Å². The second kappa shape index (κ2) is 4.74. The minimum atomic E-state index is -3.11. The molecule has 94 valence electrons. The van der Waals surface area contributed by atoms with Crippen LogP contribution in [0.2, 0.25) is 0 Å². The number of benzene rings is 1. The van der Waals surface area contributed by atoms with Gasteiger partial charge in [0.25, 0.3) is 0 Å². The van der Waals surface area contributed by atoms with E-state index in [1.54, 1.807) is 13.0 Å². The van der Waals surface area contributed by atoms with Gasteiger partial charge in [0, 0.05) is 13.1 Å². The first-order valence-corrected chi connectivity index (χ1v) is 7.37. The number of sulfonamides is 1. The van der Waals surface area contributed by atoms with Crippen LogP contribution in [-0.2, 0) is 10.0 Å². The summed E-state index contributed by atoms with van der Waals surface area (Å²) in [5.41, 5.74) is 0.888. The van der Waals surface area contributed by atoms with E-state index in [2.05, 4.69) is 0 Å². The van der Waals surface area contributed by atoms with Gasteiger partial charge in [0.15, 0.2) is 0 Å². The molecule has 0 aromatic heterocycles. The van der Waals surface area contributed by atoms with Gasteiger partial charge in [0.2, 0.25) is 10.0 Å². The molecule has 17 heavy (non-hydrogen) atoms. The van der Waals surface area contributed by atoms with Gasteiger partial charge in [0.1, 0.15) is 5.82 Å². The van der Waals surface area contributed by atoms with Crippen LogP contribution < -0.4 is 0 Å². The van der Waals surface area contributed by atoms with E-state index in [4.69, 9.17) is 0 Å². The molecule has 1 aromatic rings. The first kappa shape index (κ1) is 12.5. The zero-order valence-corrected chi connectivity index (χ0v) is 10.6. The van der Waals surface area contributed by atoms with Crippen molar-refractivity contribution in [3.05, 3.63) is 35.6 Å². The summed E-state index contributed by atoms with van der Waals surface area (Å²) in [5, 5.41) is 0. The van der Waals surface area contributed by atoms with Crippen molar-refractivity contribution < 1.29 is 12.8 Å². The van der Waals surface area contributed by atoms with E-state index in [9.17, 15) is 12.8 Å². The molecule has 0 amide bonds. The molecule has 5 heteroatoms. The van der Waals surface area contributed by atoms with Gasteiger partial charge < -0.3 is 0 Å². The summed E-state index contributed by atoms with van der Waals surface area (Å²) in [6.45, 7) is 2.65. The number of hydrogen-bond donors (Lipinski definition) is 0. The standard InChI is InChI=1S/C12H16FNO2S/c1-2-17(15,16)14-7-6-11(9-14)10-4-3-5-12(13)8-10/h3-5,8,11H,2,6-7,9H2,1H3/t11-/m1/s1. The summed E-state index contributed by atoms with van der Waals surface area (Å²) in [7, 11) is -3.11. The summed E-state index contributed by atoms with van der Waals surface area (Å²) in [5.74, 6) is -0.0191. The molecule has 0 N–H and O–H groups in total. The summed E-state index contributed by atoms with van der Waals surface area (Å²) >= 11 is 0. The molecule has 1 aliphatic heterocycles. The molecule has 0 radical (unpaired) electrons. The fraction of sp³-hybridized carbons (Fsp3) is 0.500. The highest BCUT2D eigenvalue weighted by Gasteiger charge is 2.30. The highest BCUT2D eigenvalue weighted by molar-refractivity contribution is 7.89. The Hall–Kier alpha value is -0.940. The van der Waals surface area contributed by atoms with Crippen molar-refractivity contribution in [3.8, 4) is 0 Å². The van der Waals surface area contributed by atoms with Crippen LogP contribution in [0.25, 0.3) is 0 Å². The largest absolute Gasteiger partial charge is 0.213 e. The Morgan fingerprint density at radius 2 is 2.24 bits per heavy atom. The van der Waals surface area contributed by atoms with Crippen molar-refractivity contribution in [1.29, 1.82) is 0 Å². The van der Waals surface area contributed by atoms with Crippen LogP contribution in [0.4, 0.5) is 4.39 Å². The van der Waals surface area contributed by atoms with Crippen molar-refractivity contribution in [2.45, 2.75) is 19.3 Å². The lowest BCUT2D eigenvalue weighted by molar-refractivity contribution is 0.474. The Bertz CT molecular complexity index is 501. The Kier molecular flexibility index (Phi) is 3.49. The molecule has 1 aliphatic rings. The lowest BCUT2D eigenvalue weighted by Gasteiger charge is -2.15. The third-order valence-electron chi connectivity index (χ3n) is 3.23. The smallest absolute Gasteiger partial charge is 0.212 e. The normalized spacial score (nSPS) is 21.9. The molecule has 1 saturated heterocycles. The van der Waals surface area contributed by atoms with Crippen molar-refractivity contribution in [2.24, 2.45) is 0 Å². The van der Waals surface area contributed by atoms with E-state index >= 15 is 0 Å². The third-order valence-corrected chi connectivity index (χ3v) is 5.08. The predicted molar refractivity (Wildman–Crippen MR) is 64.8 cm³/mol. The van der Waals surface area contributed by atoms with Crippen molar-refractivity contribution in [3.63, 3.8) is 0 Å². The van der Waals surface area contributed by atoms with Gasteiger partial charge in [-0.2, -0.15) is 0 Å². The number of nitrogens with zero attached hydrogens (tertiary/aromatic N) is 1. The minimum absolute atomic E-state index is 0.118. The van der Waals surface area contributed by atoms with Gasteiger partial charge in [-0.05, 0) is 37.0 Å². The Morgan fingerprint density at radius 3 is 2.88 bits per heavy atom. The number of rotatable bonds is 3. The molecule has 1 heterocycles. The number of hydrogen-bond acceptors (Lipinski definition) is 2. The zero-order chi connectivity index (χ0) is 12.5. The maximum Gasteiger partial charge on any atom is 0.213 e. The SMILES string of the molecule is CCS(=O)(=O)N1CC[C@@H](c2cccc(F)c2)C1. The lowest BCUT2D eigenvalue weighted by atomic mass is 9.99. The van der Waals surface area contributed by atoms with E-state index in [0.717, 1.165) is 12.0 Å². The molecule has 0 saturated carbocycles. The highest BCUT2D eigenvalue weighted by Crippen LogP contribution is 2.29. The lowest BCUT2D eigenvalue weighted by Crippen LogP contribution is -2.29. The Labute approximate surface area is 101 Å². The molecular weight excluding hydrogens is 241 g/mol. The van der Waals surface area contributed by atoms with Gasteiger partial charge in [-0.15, -0.1) is 0 Å². The fourth-order valence-electron chi connectivity index (χ4n) is 2.20. The minimum Gasteiger partial charge on any atom is -0.212 e. The molecule has 3 nitrogen and oxygen atoms in total. The van der Waals surface area contributed by atoms with E-state index in [1.807, 2.05) is 6.07 Å². The van der Waals surface area contributed by atoms with Crippen LogP contribution >= 0.6 is 0 Å². The van der Waals surface area contributed by atoms with Gasteiger partial charge in [-0.3, -0.25) is 0 Å². The van der Waals surface area contributed by atoms with Crippen molar-refractivity contribution >= 4 is 10.0 Å². The zero-order valence-electron chi connectivity index (χ0n) is 9.77. The molecule has 0 spiro atoms. The molecule has 0 aliphatic carbocycles. The van der Waals surface area contributed by atoms with E-state index < -0.39 is 10.0 Å². The fourth-order valence-corrected chi connectivity index (χ4v) is 3.35. The average Bonchev–Trinajstić information content (AvgIpc) is 2.79. The molecule has 0 unspecified atom stereocenters. The first-order valence-electron chi connectivity index (χ1n) is 5.76. The summed E-state index contributed by atoms with van der Waals surface area (Å²) in [6.07, 6.45) is 0.767. The molecule has 1 aromatic carbocycles. The molecule has 0 bridgehead atoms. The maximum absolute atomic E-state index is 13.1. The van der Waals surface area contributed by atoms with Crippen LogP contribution in [0.5, 0.6) is 0 Å². The Balaban J connectivity index is 2.13. The summed E-state index contributed by atoms with van der Waals surface area (Å²) in [4.78, 5) is 0. The molecule has 1 atom stereocenters. The first-order chi connectivity index (χ1) is 8.03. The van der Waals surface area contributed by atoms with Gasteiger partial charge in [-0.1, -0.05) is 12.1 Å². The van der Waals surface area contributed by atoms with Crippen LogP contribution in [0.1, 0.15) is 24.8 Å². The third kappa shape index (κ3) is 2.66. The van der Waals surface area contributed by atoms with E-state index in [0.29, 0.717) is 13.1 Å². The molecular formula is C12H16FNO2S. The van der Waals surface area contributed by atoms with Crippen molar-refractivity contribution in [1.82, 2.24) is 4.31 Å². The van der Waals surface area contributed by atoms with Gasteiger partial charge in [-0.25, -0.2) is 17.1 Å². The summed E-state index contributed by atoms with van der Waals surface area (Å²) < 4.78 is 38.0. The van der Waals surface area contributed by atoms with Crippen LogP contribution in [-0.4, -0.2) is 31.6 Å². The van der Waals surface area contributed by atoms with Crippen LogP contribution in [0.15, 0.2) is 24.3 Å². The average molecular weight is 257 g/mol. The number of halogens is 1. The topological polar surface area (TPSA) is 37.4 Å². The van der Waals surface area contributed by atoms with E-state index in [-0.39, 0.29) is 17.5 Å². The second-order valence-corrected chi connectivity index (χ2v) is 6.56. The van der Waals surface area contributed by atoms with Crippen LogP contribution in [0, 0.1) is 5.82 Å². The van der Waals surface area contributed by atoms with Crippen LogP contribution in [0.3, 0.4) is 0 Å². The van der Waals surface area contributed by atoms with Crippen molar-refractivity contribution in [2.75, 3.05) is 18.8 Å². The maximum atomic E-state index is 13.1. The monoisotopic (exact) mass is 257 g/mol. The molecule has 2 rings (SSSR count). The summed E-state index contributed by atoms with van der Waals surface area (Å²) in [6, 6.07) is 6.42. The predicted octanol–water partition coefficient (Wildman–Crippen LogP) is 1.96. The highest BCUT2D eigenvalue weighted by atomic mass is 32.2.